The summed E-state index contributed by atoms with van der Waals surface area (Å²) in [5.41, 5.74) is 1.55. The third-order valence-electron chi connectivity index (χ3n) is 3.13. The number of carbonyl (C=O) groups is 1. The van der Waals surface area contributed by atoms with E-state index in [1.165, 1.54) is 0 Å². The molecule has 2 nitrogen and oxygen atoms in total. The smallest absolute Gasteiger partial charge is 0.170 e. The molecule has 0 amide bonds. The van der Waals surface area contributed by atoms with Crippen LogP contribution in [0.3, 0.4) is 0 Å². The number of rotatable bonds is 1. The number of halogens is 2. The Morgan fingerprint density at radius 2 is 2.00 bits per heavy atom. The average Bonchev–Trinajstić information content (AvgIpc) is 2.41. The highest BCUT2D eigenvalue weighted by atomic mass is 79.9. The van der Waals surface area contributed by atoms with Gasteiger partial charge in [0.15, 0.2) is 5.78 Å². The predicted molar refractivity (Wildman–Crippen MR) is 77.9 cm³/mol. The average molecular weight is 338 g/mol. The zero-order valence-electron chi connectivity index (χ0n) is 9.90. The van der Waals surface area contributed by atoms with Gasteiger partial charge in [-0.3, -0.25) is 4.79 Å². The van der Waals surface area contributed by atoms with Crippen molar-refractivity contribution in [3.05, 3.63) is 63.1 Å². The van der Waals surface area contributed by atoms with Crippen molar-refractivity contribution in [2.45, 2.75) is 12.5 Å². The van der Waals surface area contributed by atoms with Crippen molar-refractivity contribution in [3.8, 4) is 5.75 Å². The van der Waals surface area contributed by atoms with Crippen LogP contribution >= 0.6 is 27.5 Å². The first kappa shape index (κ1) is 12.7. The molecule has 1 unspecified atom stereocenters. The predicted octanol–water partition coefficient (Wildman–Crippen LogP) is 4.81. The number of benzene rings is 2. The van der Waals surface area contributed by atoms with Crippen LogP contribution in [-0.4, -0.2) is 5.78 Å². The van der Waals surface area contributed by atoms with Crippen molar-refractivity contribution in [1.29, 1.82) is 0 Å². The second-order valence-corrected chi connectivity index (χ2v) is 5.69. The third kappa shape index (κ3) is 2.40. The van der Waals surface area contributed by atoms with Crippen LogP contribution in [0.15, 0.2) is 46.9 Å². The fourth-order valence-electron chi connectivity index (χ4n) is 2.21. The Balaban J connectivity index is 2.01. The van der Waals surface area contributed by atoms with Crippen LogP contribution in [0, 0.1) is 0 Å². The molecule has 0 aromatic heterocycles. The molecule has 0 fully saturated rings. The first-order valence-corrected chi connectivity index (χ1v) is 7.06. The summed E-state index contributed by atoms with van der Waals surface area (Å²) in [6.07, 6.45) is 0.0335. The van der Waals surface area contributed by atoms with E-state index in [9.17, 15) is 4.79 Å². The molecule has 1 atom stereocenters. The van der Waals surface area contributed by atoms with Gasteiger partial charge in [-0.2, -0.15) is 0 Å². The Morgan fingerprint density at radius 3 is 2.84 bits per heavy atom. The first-order chi connectivity index (χ1) is 9.15. The summed E-state index contributed by atoms with van der Waals surface area (Å²) in [5.74, 6) is 0.731. The van der Waals surface area contributed by atoms with Crippen LogP contribution in [0.5, 0.6) is 5.75 Å². The molecule has 4 heteroatoms. The zero-order valence-corrected chi connectivity index (χ0v) is 12.2. The van der Waals surface area contributed by atoms with E-state index < -0.39 is 0 Å². The first-order valence-electron chi connectivity index (χ1n) is 5.89. The summed E-state index contributed by atoms with van der Waals surface area (Å²) in [6, 6.07) is 12.8. The van der Waals surface area contributed by atoms with Crippen molar-refractivity contribution in [3.63, 3.8) is 0 Å². The molecule has 19 heavy (non-hydrogen) atoms. The van der Waals surface area contributed by atoms with Crippen molar-refractivity contribution in [1.82, 2.24) is 0 Å². The number of fused-ring (bicyclic) bond motifs is 1. The van der Waals surface area contributed by atoms with E-state index in [1.807, 2.05) is 30.3 Å². The molecule has 0 bridgehead atoms. The Morgan fingerprint density at radius 1 is 1.21 bits per heavy atom. The number of ether oxygens (including phenoxy) is 1. The van der Waals surface area contributed by atoms with Crippen molar-refractivity contribution in [2.75, 3.05) is 0 Å². The number of para-hydroxylation sites is 1. The summed E-state index contributed by atoms with van der Waals surface area (Å²) in [4.78, 5) is 12.1. The normalized spacial score (nSPS) is 17.8. The molecule has 0 N–H and O–H groups in total. The second kappa shape index (κ2) is 4.99. The van der Waals surface area contributed by atoms with Gasteiger partial charge in [0.05, 0.1) is 12.0 Å². The van der Waals surface area contributed by atoms with E-state index in [4.69, 9.17) is 16.3 Å². The minimum absolute atomic E-state index is 0.0960. The van der Waals surface area contributed by atoms with E-state index in [0.29, 0.717) is 22.8 Å². The van der Waals surface area contributed by atoms with Gasteiger partial charge in [0, 0.05) is 15.1 Å². The topological polar surface area (TPSA) is 26.3 Å². The summed E-state index contributed by atoms with van der Waals surface area (Å²) in [5, 5.41) is 0.633. The minimum atomic E-state index is -0.296. The fourth-order valence-corrected chi connectivity index (χ4v) is 2.89. The maximum absolute atomic E-state index is 12.1. The minimum Gasteiger partial charge on any atom is -0.484 e. The van der Waals surface area contributed by atoms with Crippen molar-refractivity contribution >= 4 is 33.3 Å². The van der Waals surface area contributed by atoms with Gasteiger partial charge in [-0.15, -0.1) is 0 Å². The molecule has 0 aliphatic carbocycles. The lowest BCUT2D eigenvalue weighted by Gasteiger charge is -2.26. The Labute approximate surface area is 124 Å². The lowest BCUT2D eigenvalue weighted by Crippen LogP contribution is -2.20. The van der Waals surface area contributed by atoms with Crippen molar-refractivity contribution < 1.29 is 9.53 Å². The van der Waals surface area contributed by atoms with Gasteiger partial charge in [-0.25, -0.2) is 0 Å². The highest BCUT2D eigenvalue weighted by molar-refractivity contribution is 9.10. The van der Waals surface area contributed by atoms with Crippen molar-refractivity contribution in [2.24, 2.45) is 0 Å². The largest absolute Gasteiger partial charge is 0.484 e. The molecule has 2 aromatic rings. The Bertz CT molecular complexity index is 654. The van der Waals surface area contributed by atoms with E-state index >= 15 is 0 Å². The van der Waals surface area contributed by atoms with Crippen LogP contribution in [-0.2, 0) is 0 Å². The summed E-state index contributed by atoms with van der Waals surface area (Å²) < 4.78 is 6.81. The van der Waals surface area contributed by atoms with Gasteiger partial charge in [0.2, 0.25) is 0 Å². The number of hydrogen-bond acceptors (Lipinski definition) is 2. The SMILES string of the molecule is O=C1CC(c2cc(Cl)ccc2Br)Oc2ccccc21. The van der Waals surface area contributed by atoms with E-state index in [1.54, 1.807) is 12.1 Å². The van der Waals surface area contributed by atoms with Gasteiger partial charge >= 0.3 is 0 Å². The molecule has 0 spiro atoms. The molecule has 0 saturated carbocycles. The van der Waals surface area contributed by atoms with Crippen LogP contribution in [0.4, 0.5) is 0 Å². The fraction of sp³-hybridized carbons (Fsp3) is 0.133. The Hall–Kier alpha value is -1.32. The summed E-state index contributed by atoms with van der Waals surface area (Å²) in [6.45, 7) is 0. The molecule has 0 radical (unpaired) electrons. The third-order valence-corrected chi connectivity index (χ3v) is 4.09. The molecular formula is C15H10BrClO2. The van der Waals surface area contributed by atoms with E-state index in [2.05, 4.69) is 15.9 Å². The number of ketones is 1. The van der Waals surface area contributed by atoms with Gasteiger partial charge < -0.3 is 4.74 Å². The van der Waals surface area contributed by atoms with E-state index in [-0.39, 0.29) is 11.9 Å². The zero-order chi connectivity index (χ0) is 13.4. The standard InChI is InChI=1S/C15H10BrClO2/c16-12-6-5-9(17)7-11(12)15-8-13(18)10-3-1-2-4-14(10)19-15/h1-7,15H,8H2. The molecule has 0 saturated heterocycles. The molecule has 2 aromatic carbocycles. The second-order valence-electron chi connectivity index (χ2n) is 4.40. The molecule has 96 valence electrons. The molecule has 3 rings (SSSR count). The maximum Gasteiger partial charge on any atom is 0.170 e. The monoisotopic (exact) mass is 336 g/mol. The van der Waals surface area contributed by atoms with Crippen LogP contribution < -0.4 is 4.74 Å². The summed E-state index contributed by atoms with van der Waals surface area (Å²) in [7, 11) is 0. The molecular weight excluding hydrogens is 328 g/mol. The van der Waals surface area contributed by atoms with E-state index in [0.717, 1.165) is 10.0 Å². The number of Topliss-reactive ketones (excluding diaryl/α,β-unsaturated/α-hetero) is 1. The molecule has 1 aliphatic heterocycles. The number of hydrogen-bond donors (Lipinski definition) is 0. The Kier molecular flexibility index (Phi) is 3.33. The van der Waals surface area contributed by atoms with Gasteiger partial charge in [-0.1, -0.05) is 39.7 Å². The van der Waals surface area contributed by atoms with Gasteiger partial charge in [0.1, 0.15) is 11.9 Å². The van der Waals surface area contributed by atoms with Gasteiger partial charge in [-0.05, 0) is 30.3 Å². The van der Waals surface area contributed by atoms with Crippen LogP contribution in [0.2, 0.25) is 5.02 Å². The van der Waals surface area contributed by atoms with Crippen LogP contribution in [0.25, 0.3) is 0 Å². The number of carbonyl (C=O) groups excluding carboxylic acids is 1. The molecule has 1 aliphatic rings. The summed E-state index contributed by atoms with van der Waals surface area (Å²) >= 11 is 9.49. The maximum atomic E-state index is 12.1. The quantitative estimate of drug-likeness (QED) is 0.746. The highest BCUT2D eigenvalue weighted by Crippen LogP contribution is 2.38. The lowest BCUT2D eigenvalue weighted by molar-refractivity contribution is 0.0849. The molecule has 1 heterocycles. The van der Waals surface area contributed by atoms with Crippen LogP contribution in [0.1, 0.15) is 28.4 Å². The lowest BCUT2D eigenvalue weighted by atomic mass is 9.96. The highest BCUT2D eigenvalue weighted by Gasteiger charge is 2.28. The van der Waals surface area contributed by atoms with Gasteiger partial charge in [0.25, 0.3) is 0 Å².